The first-order valence-electron chi connectivity index (χ1n) is 6.99. The van der Waals surface area contributed by atoms with Crippen LogP contribution in [0.2, 0.25) is 0 Å². The molecule has 0 aromatic heterocycles. The van der Waals surface area contributed by atoms with Gasteiger partial charge in [0.1, 0.15) is 5.60 Å². The highest BCUT2D eigenvalue weighted by molar-refractivity contribution is 9.10. The van der Waals surface area contributed by atoms with Crippen LogP contribution in [-0.2, 0) is 15.2 Å². The Labute approximate surface area is 156 Å². The summed E-state index contributed by atoms with van der Waals surface area (Å²) < 4.78 is 1.20. The first-order valence-corrected chi connectivity index (χ1v) is 8.58. The number of hydrogen-bond acceptors (Lipinski definition) is 4. The average Bonchev–Trinajstić information content (AvgIpc) is 2.54. The molecule has 0 spiro atoms. The Bertz CT molecular complexity index is 731. The number of aliphatic hydroxyl groups is 1. The fraction of sp³-hybridized carbons (Fsp3) is 0.176. The molecule has 0 aliphatic carbocycles. The molecule has 1 amide bonds. The molecule has 2 rings (SSSR count). The van der Waals surface area contributed by atoms with Crippen molar-refractivity contribution in [3.05, 3.63) is 68.6 Å². The van der Waals surface area contributed by atoms with Crippen molar-refractivity contribution >= 4 is 43.6 Å². The minimum Gasteiger partial charge on any atom is -0.380 e. The minimum atomic E-state index is -1.75. The van der Waals surface area contributed by atoms with Crippen molar-refractivity contribution in [1.29, 1.82) is 0 Å². The van der Waals surface area contributed by atoms with E-state index in [1.54, 1.807) is 48.5 Å². The largest absolute Gasteiger partial charge is 0.380 e. The first-order chi connectivity index (χ1) is 11.3. The Morgan fingerprint density at radius 3 is 1.79 bits per heavy atom. The van der Waals surface area contributed by atoms with Crippen LogP contribution in [0.15, 0.2) is 57.5 Å². The molecule has 0 fully saturated rings. The SMILES string of the molecule is CN(O)C(=O)C(=O)CC(O)(c1ccccc1Br)c1ccccc1Br. The predicted molar refractivity (Wildman–Crippen MR) is 95.5 cm³/mol. The zero-order chi connectivity index (χ0) is 17.9. The summed E-state index contributed by atoms with van der Waals surface area (Å²) in [6.45, 7) is 0. The maximum absolute atomic E-state index is 12.2. The number of carbonyl (C=O) groups excluding carboxylic acids is 2. The molecule has 0 heterocycles. The predicted octanol–water partition coefficient (Wildman–Crippen LogP) is 3.25. The van der Waals surface area contributed by atoms with E-state index in [-0.39, 0.29) is 5.06 Å². The summed E-state index contributed by atoms with van der Waals surface area (Å²) in [7, 11) is 1.07. The Hall–Kier alpha value is -1.54. The molecule has 0 aliphatic rings. The lowest BCUT2D eigenvalue weighted by Crippen LogP contribution is -2.38. The Balaban J connectivity index is 2.59. The second kappa shape index (κ2) is 7.57. The van der Waals surface area contributed by atoms with Gasteiger partial charge in [-0.05, 0) is 12.1 Å². The van der Waals surface area contributed by atoms with Gasteiger partial charge in [0.25, 0.3) is 0 Å². The van der Waals surface area contributed by atoms with Gasteiger partial charge in [-0.2, -0.15) is 0 Å². The summed E-state index contributed by atoms with van der Waals surface area (Å²) in [6.07, 6.45) is -0.512. The van der Waals surface area contributed by atoms with Crippen molar-refractivity contribution < 1.29 is 19.9 Å². The number of carbonyl (C=O) groups is 2. The van der Waals surface area contributed by atoms with Crippen LogP contribution in [0.25, 0.3) is 0 Å². The molecule has 0 unspecified atom stereocenters. The van der Waals surface area contributed by atoms with Crippen LogP contribution in [-0.4, -0.2) is 34.1 Å². The molecular formula is C17H15Br2NO4. The normalized spacial score (nSPS) is 11.2. The molecule has 7 heteroatoms. The maximum atomic E-state index is 12.2. The Morgan fingerprint density at radius 2 is 1.42 bits per heavy atom. The first kappa shape index (κ1) is 18.8. The number of likely N-dealkylation sites (N-methyl/N-ethyl adjacent to an activating group) is 1. The highest BCUT2D eigenvalue weighted by Crippen LogP contribution is 2.40. The van der Waals surface area contributed by atoms with E-state index in [4.69, 9.17) is 0 Å². The standard InChI is InChI=1S/C17H15Br2NO4/c1-20(24)16(22)15(21)10-17(23,11-6-2-4-8-13(11)18)12-7-3-5-9-14(12)19/h2-9,23-24H,10H2,1H3. The summed E-state index contributed by atoms with van der Waals surface area (Å²) >= 11 is 6.76. The molecule has 126 valence electrons. The van der Waals surface area contributed by atoms with Gasteiger partial charge in [0.2, 0.25) is 5.78 Å². The van der Waals surface area contributed by atoms with Gasteiger partial charge in [-0.25, -0.2) is 5.06 Å². The quantitative estimate of drug-likeness (QED) is 0.411. The third kappa shape index (κ3) is 3.75. The summed E-state index contributed by atoms with van der Waals surface area (Å²) in [4.78, 5) is 24.0. The topological polar surface area (TPSA) is 77.8 Å². The van der Waals surface area contributed by atoms with Gasteiger partial charge in [-0.15, -0.1) is 0 Å². The summed E-state index contributed by atoms with van der Waals surface area (Å²) in [5.74, 6) is -2.00. The highest BCUT2D eigenvalue weighted by Gasteiger charge is 2.39. The van der Waals surface area contributed by atoms with Gasteiger partial charge < -0.3 is 5.11 Å². The van der Waals surface area contributed by atoms with E-state index in [2.05, 4.69) is 31.9 Å². The lowest BCUT2D eigenvalue weighted by molar-refractivity contribution is -0.166. The smallest absolute Gasteiger partial charge is 0.313 e. The molecule has 2 aromatic carbocycles. The Kier molecular flexibility index (Phi) is 5.92. The number of halogens is 2. The van der Waals surface area contributed by atoms with Crippen molar-refractivity contribution in [2.75, 3.05) is 7.05 Å². The van der Waals surface area contributed by atoms with Gasteiger partial charge in [0, 0.05) is 27.1 Å². The molecule has 2 aromatic rings. The van der Waals surface area contributed by atoms with Gasteiger partial charge in [0.15, 0.2) is 0 Å². The molecule has 0 aliphatic heterocycles. The van der Waals surface area contributed by atoms with Gasteiger partial charge in [-0.1, -0.05) is 68.3 Å². The van der Waals surface area contributed by atoms with E-state index in [1.807, 2.05) is 0 Å². The van der Waals surface area contributed by atoms with Crippen LogP contribution in [0.3, 0.4) is 0 Å². The van der Waals surface area contributed by atoms with Crippen molar-refractivity contribution in [2.24, 2.45) is 0 Å². The zero-order valence-electron chi connectivity index (χ0n) is 12.7. The van der Waals surface area contributed by atoms with E-state index in [0.717, 1.165) is 7.05 Å². The fourth-order valence-corrected chi connectivity index (χ4v) is 3.64. The molecule has 0 radical (unpaired) electrons. The number of Topliss-reactive ketones (excluding diaryl/α,β-unsaturated/α-hetero) is 1. The molecule has 2 N–H and O–H groups in total. The lowest BCUT2D eigenvalue weighted by Gasteiger charge is -2.30. The third-order valence-corrected chi connectivity index (χ3v) is 4.97. The molecule has 0 atom stereocenters. The van der Waals surface area contributed by atoms with Crippen molar-refractivity contribution in [1.82, 2.24) is 5.06 Å². The molecule has 0 saturated heterocycles. The van der Waals surface area contributed by atoms with Gasteiger partial charge in [-0.3, -0.25) is 14.8 Å². The number of hydrogen-bond donors (Lipinski definition) is 2. The number of rotatable bonds is 5. The number of benzene rings is 2. The van der Waals surface area contributed by atoms with Crippen molar-refractivity contribution in [2.45, 2.75) is 12.0 Å². The number of nitrogens with zero attached hydrogens (tertiary/aromatic N) is 1. The molecule has 0 saturated carbocycles. The summed E-state index contributed by atoms with van der Waals surface area (Å²) in [5.41, 5.74) is -0.861. The van der Waals surface area contributed by atoms with E-state index >= 15 is 0 Å². The molecule has 5 nitrogen and oxygen atoms in total. The average molecular weight is 457 g/mol. The van der Waals surface area contributed by atoms with Crippen LogP contribution in [0, 0.1) is 0 Å². The van der Waals surface area contributed by atoms with Crippen LogP contribution in [0.5, 0.6) is 0 Å². The lowest BCUT2D eigenvalue weighted by atomic mass is 9.82. The van der Waals surface area contributed by atoms with Crippen LogP contribution < -0.4 is 0 Å². The highest BCUT2D eigenvalue weighted by atomic mass is 79.9. The van der Waals surface area contributed by atoms with Crippen LogP contribution >= 0.6 is 31.9 Å². The summed E-state index contributed by atoms with van der Waals surface area (Å²) in [6, 6.07) is 13.8. The number of ketones is 1. The minimum absolute atomic E-state index is 0.211. The monoisotopic (exact) mass is 455 g/mol. The zero-order valence-corrected chi connectivity index (χ0v) is 15.9. The van der Waals surface area contributed by atoms with Crippen LogP contribution in [0.1, 0.15) is 17.5 Å². The van der Waals surface area contributed by atoms with E-state index in [0.29, 0.717) is 20.1 Å². The van der Waals surface area contributed by atoms with Gasteiger partial charge in [0.05, 0.1) is 6.42 Å². The van der Waals surface area contributed by atoms with E-state index < -0.39 is 23.7 Å². The van der Waals surface area contributed by atoms with Crippen molar-refractivity contribution in [3.63, 3.8) is 0 Å². The van der Waals surface area contributed by atoms with Gasteiger partial charge >= 0.3 is 5.91 Å². The van der Waals surface area contributed by atoms with Crippen LogP contribution in [0.4, 0.5) is 0 Å². The number of hydroxylamine groups is 2. The molecule has 24 heavy (non-hydrogen) atoms. The second-order valence-corrected chi connectivity index (χ2v) is 6.96. The Morgan fingerprint density at radius 1 is 1.00 bits per heavy atom. The third-order valence-electron chi connectivity index (χ3n) is 3.59. The van der Waals surface area contributed by atoms with E-state index in [9.17, 15) is 19.9 Å². The maximum Gasteiger partial charge on any atom is 0.313 e. The fourth-order valence-electron chi connectivity index (χ4n) is 2.42. The summed E-state index contributed by atoms with van der Waals surface area (Å²) in [5, 5.41) is 20.8. The second-order valence-electron chi connectivity index (χ2n) is 5.25. The molecular weight excluding hydrogens is 442 g/mol. The van der Waals surface area contributed by atoms with E-state index in [1.165, 1.54) is 0 Å². The van der Waals surface area contributed by atoms with Crippen molar-refractivity contribution in [3.8, 4) is 0 Å². The molecule has 0 bridgehead atoms. The number of amides is 1.